The van der Waals surface area contributed by atoms with Crippen LogP contribution in [0.15, 0.2) is 52.2 Å². The van der Waals surface area contributed by atoms with E-state index in [9.17, 15) is 9.59 Å². The fourth-order valence-electron chi connectivity index (χ4n) is 8.57. The van der Waals surface area contributed by atoms with E-state index in [0.717, 1.165) is 49.9 Å². The number of esters is 1. The normalized spacial score (nSPS) is 30.7. The van der Waals surface area contributed by atoms with Gasteiger partial charge in [-0.15, -0.1) is 0 Å². The predicted molar refractivity (Wildman–Crippen MR) is 167 cm³/mol. The van der Waals surface area contributed by atoms with Gasteiger partial charge in [-0.3, -0.25) is 9.59 Å². The van der Waals surface area contributed by atoms with E-state index in [1.165, 1.54) is 29.2 Å². The number of Topliss-reactive ketones (excluding diaryl/α,β-unsaturated/α-hetero) is 1. The number of ketones is 1. The molecule has 0 N–H and O–H groups in total. The summed E-state index contributed by atoms with van der Waals surface area (Å²) < 4.78 is 16.6. The Morgan fingerprint density at radius 3 is 2.42 bits per heavy atom. The standard InChI is InChI=1S/C35H48N2O6/c1-23(38)35(43-24(2)39)16-15-32-30-13-9-26-21-27(36-42-20-19-41-18-17-40-6)10-14-29(26)33(30)31(22-34(32,35)3)25-7-11-28(12-8-25)37(4)5/h7-8,11-12,21,30-32H,9-10,13-20,22H2,1-6H3/b36-27-. The van der Waals surface area contributed by atoms with Crippen molar-refractivity contribution in [3.05, 3.63) is 52.6 Å². The number of benzene rings is 1. The van der Waals surface area contributed by atoms with Crippen LogP contribution in [0.4, 0.5) is 5.69 Å². The summed E-state index contributed by atoms with van der Waals surface area (Å²) in [5.41, 5.74) is 6.26. The molecule has 8 heteroatoms. The highest BCUT2D eigenvalue weighted by Crippen LogP contribution is 2.67. The van der Waals surface area contributed by atoms with Gasteiger partial charge in [-0.2, -0.15) is 0 Å². The van der Waals surface area contributed by atoms with E-state index in [4.69, 9.17) is 19.0 Å². The molecule has 4 aliphatic rings. The maximum atomic E-state index is 13.4. The molecule has 234 valence electrons. The lowest BCUT2D eigenvalue weighted by Gasteiger charge is -2.55. The quantitative estimate of drug-likeness (QED) is 0.177. The number of carbonyl (C=O) groups is 2. The van der Waals surface area contributed by atoms with Crippen LogP contribution in [0.3, 0.4) is 0 Å². The fourth-order valence-corrected chi connectivity index (χ4v) is 8.57. The highest BCUT2D eigenvalue weighted by Gasteiger charge is 2.67. The van der Waals surface area contributed by atoms with Crippen molar-refractivity contribution in [2.75, 3.05) is 52.5 Å². The molecule has 0 heterocycles. The Balaban J connectivity index is 1.50. The molecule has 0 bridgehead atoms. The minimum Gasteiger partial charge on any atom is -0.451 e. The number of fused-ring (bicyclic) bond motifs is 4. The molecule has 5 unspecified atom stereocenters. The second kappa shape index (κ2) is 12.9. The first-order chi connectivity index (χ1) is 20.6. The number of allylic oxidation sites excluding steroid dienone is 4. The van der Waals surface area contributed by atoms with Crippen LogP contribution in [0, 0.1) is 17.3 Å². The van der Waals surface area contributed by atoms with Gasteiger partial charge in [-0.25, -0.2) is 0 Å². The number of oxime groups is 1. The van der Waals surface area contributed by atoms with E-state index in [2.05, 4.69) is 61.4 Å². The summed E-state index contributed by atoms with van der Waals surface area (Å²) in [5.74, 6) is 0.385. The van der Waals surface area contributed by atoms with Gasteiger partial charge in [0.25, 0.3) is 0 Å². The van der Waals surface area contributed by atoms with Crippen LogP contribution < -0.4 is 4.90 Å². The molecule has 43 heavy (non-hydrogen) atoms. The Hall–Kier alpha value is -2.97. The first kappa shape index (κ1) is 31.5. The van der Waals surface area contributed by atoms with Gasteiger partial charge < -0.3 is 23.9 Å². The summed E-state index contributed by atoms with van der Waals surface area (Å²) in [6, 6.07) is 8.87. The van der Waals surface area contributed by atoms with E-state index in [0.29, 0.717) is 38.8 Å². The largest absolute Gasteiger partial charge is 0.451 e. The van der Waals surface area contributed by atoms with Gasteiger partial charge in [0.15, 0.2) is 11.4 Å². The molecule has 0 spiro atoms. The van der Waals surface area contributed by atoms with E-state index in [1.807, 2.05) is 0 Å². The summed E-state index contributed by atoms with van der Waals surface area (Å²) in [5, 5.41) is 4.45. The van der Waals surface area contributed by atoms with Gasteiger partial charge in [0.1, 0.15) is 6.61 Å². The van der Waals surface area contributed by atoms with E-state index >= 15 is 0 Å². The molecule has 4 aliphatic carbocycles. The van der Waals surface area contributed by atoms with Crippen LogP contribution in [0.5, 0.6) is 0 Å². The zero-order chi connectivity index (χ0) is 30.8. The first-order valence-electron chi connectivity index (χ1n) is 15.8. The number of anilines is 1. The zero-order valence-corrected chi connectivity index (χ0v) is 26.7. The number of nitrogens with zero attached hydrogens (tertiary/aromatic N) is 2. The van der Waals surface area contributed by atoms with Gasteiger partial charge >= 0.3 is 5.97 Å². The molecule has 2 fully saturated rings. The maximum Gasteiger partial charge on any atom is 0.303 e. The number of carbonyl (C=O) groups excluding carboxylic acids is 2. The molecular formula is C35H48N2O6. The second-order valence-corrected chi connectivity index (χ2v) is 13.1. The Morgan fingerprint density at radius 1 is 1.00 bits per heavy atom. The minimum absolute atomic E-state index is 0.0236. The molecule has 0 radical (unpaired) electrons. The highest BCUT2D eigenvalue weighted by atomic mass is 16.6. The van der Waals surface area contributed by atoms with Crippen LogP contribution in [0.1, 0.15) is 77.2 Å². The lowest BCUT2D eigenvalue weighted by atomic mass is 9.50. The summed E-state index contributed by atoms with van der Waals surface area (Å²) in [7, 11) is 5.76. The van der Waals surface area contributed by atoms with Crippen molar-refractivity contribution in [3.63, 3.8) is 0 Å². The molecule has 5 rings (SSSR count). The predicted octanol–water partition coefficient (Wildman–Crippen LogP) is 6.01. The van der Waals surface area contributed by atoms with Crippen LogP contribution >= 0.6 is 0 Å². The average molecular weight is 593 g/mol. The first-order valence-corrected chi connectivity index (χ1v) is 15.8. The van der Waals surface area contributed by atoms with E-state index in [1.54, 1.807) is 14.0 Å². The van der Waals surface area contributed by atoms with Crippen molar-refractivity contribution in [2.24, 2.45) is 22.4 Å². The minimum atomic E-state index is -1.07. The molecule has 0 aliphatic heterocycles. The third kappa shape index (κ3) is 5.93. The number of hydrogen-bond acceptors (Lipinski definition) is 8. The number of ether oxygens (including phenoxy) is 3. The lowest BCUT2D eigenvalue weighted by Crippen LogP contribution is -2.57. The third-order valence-corrected chi connectivity index (χ3v) is 10.5. The Morgan fingerprint density at radius 2 is 1.74 bits per heavy atom. The van der Waals surface area contributed by atoms with Crippen LogP contribution in [-0.2, 0) is 28.6 Å². The van der Waals surface area contributed by atoms with Crippen molar-refractivity contribution in [2.45, 2.75) is 77.2 Å². The SMILES string of the molecule is COCCOCCO/N=C1\C=C2CCC3C(=C2CC1)C(c1ccc(N(C)C)cc1)CC1(C)C3CCC1(OC(C)=O)C(C)=O. The molecule has 5 atom stereocenters. The second-order valence-electron chi connectivity index (χ2n) is 13.1. The summed E-state index contributed by atoms with van der Waals surface area (Å²) in [6.45, 7) is 7.29. The fraction of sp³-hybridized carbons (Fsp3) is 0.629. The van der Waals surface area contributed by atoms with Gasteiger partial charge in [0.2, 0.25) is 0 Å². The molecule has 0 aromatic heterocycles. The number of rotatable bonds is 11. The van der Waals surface area contributed by atoms with Gasteiger partial charge in [0, 0.05) is 45.1 Å². The van der Waals surface area contributed by atoms with E-state index in [-0.39, 0.29) is 23.6 Å². The number of hydrogen-bond donors (Lipinski definition) is 0. The Bertz CT molecular complexity index is 1300. The topological polar surface area (TPSA) is 86.7 Å². The summed E-state index contributed by atoms with van der Waals surface area (Å²) in [6.07, 6.45) is 8.27. The average Bonchev–Trinajstić information content (AvgIpc) is 3.28. The van der Waals surface area contributed by atoms with Crippen molar-refractivity contribution >= 4 is 23.2 Å². The highest BCUT2D eigenvalue weighted by molar-refractivity contribution is 5.97. The van der Waals surface area contributed by atoms with Crippen molar-refractivity contribution in [1.82, 2.24) is 0 Å². The number of methoxy groups -OCH3 is 1. The van der Waals surface area contributed by atoms with Crippen LogP contribution in [0.25, 0.3) is 0 Å². The van der Waals surface area contributed by atoms with Crippen LogP contribution in [0.2, 0.25) is 0 Å². The van der Waals surface area contributed by atoms with Crippen LogP contribution in [-0.4, -0.2) is 70.7 Å². The molecule has 1 aromatic rings. The van der Waals surface area contributed by atoms with Gasteiger partial charge in [0.05, 0.1) is 25.5 Å². The van der Waals surface area contributed by atoms with Crippen molar-refractivity contribution in [3.8, 4) is 0 Å². The lowest BCUT2D eigenvalue weighted by molar-refractivity contribution is -0.182. The van der Waals surface area contributed by atoms with Crippen molar-refractivity contribution < 1.29 is 28.6 Å². The van der Waals surface area contributed by atoms with Crippen molar-refractivity contribution in [1.29, 1.82) is 0 Å². The molecule has 2 saturated carbocycles. The molecule has 0 amide bonds. The summed E-state index contributed by atoms with van der Waals surface area (Å²) >= 11 is 0. The summed E-state index contributed by atoms with van der Waals surface area (Å²) in [4.78, 5) is 33.5. The van der Waals surface area contributed by atoms with Gasteiger partial charge in [-0.1, -0.05) is 29.8 Å². The smallest absolute Gasteiger partial charge is 0.303 e. The molecule has 0 saturated heterocycles. The van der Waals surface area contributed by atoms with E-state index < -0.39 is 11.0 Å². The molecule has 1 aromatic carbocycles. The Kier molecular flexibility index (Phi) is 9.47. The maximum absolute atomic E-state index is 13.4. The Labute approximate surface area is 256 Å². The molecular weight excluding hydrogens is 544 g/mol. The third-order valence-electron chi connectivity index (χ3n) is 10.5. The molecule has 8 nitrogen and oxygen atoms in total. The van der Waals surface area contributed by atoms with Gasteiger partial charge in [-0.05, 0) is 98.6 Å². The monoisotopic (exact) mass is 592 g/mol. The zero-order valence-electron chi connectivity index (χ0n) is 26.7.